The fourth-order valence-electron chi connectivity index (χ4n) is 4.11. The smallest absolute Gasteiger partial charge is 0.227 e. The maximum Gasteiger partial charge on any atom is 0.227 e. The lowest BCUT2D eigenvalue weighted by Gasteiger charge is -2.37. The Kier molecular flexibility index (Phi) is 7.12. The Labute approximate surface area is 198 Å². The van der Waals surface area contributed by atoms with Crippen LogP contribution in [-0.2, 0) is 6.61 Å². The third kappa shape index (κ3) is 5.36. The molecule has 1 aliphatic rings. The molecule has 1 fully saturated rings. The van der Waals surface area contributed by atoms with Crippen molar-refractivity contribution in [3.63, 3.8) is 0 Å². The second-order valence-electron chi connectivity index (χ2n) is 8.58. The van der Waals surface area contributed by atoms with E-state index < -0.39 is 11.6 Å². The molecule has 2 atom stereocenters. The van der Waals surface area contributed by atoms with Gasteiger partial charge in [0.25, 0.3) is 0 Å². The van der Waals surface area contributed by atoms with Gasteiger partial charge >= 0.3 is 0 Å². The average molecular weight is 470 g/mol. The molecule has 0 radical (unpaired) electrons. The van der Waals surface area contributed by atoms with Crippen LogP contribution in [0.2, 0.25) is 0 Å². The zero-order valence-electron chi connectivity index (χ0n) is 19.7. The lowest BCUT2D eigenvalue weighted by Crippen LogP contribution is -2.54. The SMILES string of the molecule is COc1cc(C)c(F)c(COc2cnc(Nc3ccc(N4C[C@@H](C)N[C@@H](C)C4)cc3)nc2)c1F. The zero-order chi connectivity index (χ0) is 24.2. The molecule has 0 aliphatic carbocycles. The number of hydrogen-bond donors (Lipinski definition) is 2. The highest BCUT2D eigenvalue weighted by molar-refractivity contribution is 5.59. The Morgan fingerprint density at radius 1 is 1.06 bits per heavy atom. The van der Waals surface area contributed by atoms with E-state index in [9.17, 15) is 8.78 Å². The number of nitrogens with one attached hydrogen (secondary N) is 2. The van der Waals surface area contributed by atoms with Crippen LogP contribution in [0.3, 0.4) is 0 Å². The highest BCUT2D eigenvalue weighted by Crippen LogP contribution is 2.27. The molecule has 1 saturated heterocycles. The van der Waals surface area contributed by atoms with E-state index in [-0.39, 0.29) is 23.5 Å². The highest BCUT2D eigenvalue weighted by atomic mass is 19.1. The van der Waals surface area contributed by atoms with Crippen LogP contribution < -0.4 is 25.0 Å². The molecule has 7 nitrogen and oxygen atoms in total. The number of nitrogens with zero attached hydrogens (tertiary/aromatic N) is 3. The van der Waals surface area contributed by atoms with Gasteiger partial charge in [-0.25, -0.2) is 18.7 Å². The number of methoxy groups -OCH3 is 1. The van der Waals surface area contributed by atoms with Gasteiger partial charge < -0.3 is 25.0 Å². The van der Waals surface area contributed by atoms with E-state index in [0.717, 1.165) is 18.8 Å². The van der Waals surface area contributed by atoms with Gasteiger partial charge in [-0.15, -0.1) is 0 Å². The Morgan fingerprint density at radius 3 is 2.32 bits per heavy atom. The number of anilines is 3. The number of hydrogen-bond acceptors (Lipinski definition) is 7. The van der Waals surface area contributed by atoms with Crippen LogP contribution in [0.15, 0.2) is 42.7 Å². The molecule has 1 aromatic heterocycles. The first-order valence-corrected chi connectivity index (χ1v) is 11.2. The molecule has 9 heteroatoms. The summed E-state index contributed by atoms with van der Waals surface area (Å²) in [4.78, 5) is 10.8. The van der Waals surface area contributed by atoms with Crippen molar-refractivity contribution in [1.29, 1.82) is 0 Å². The summed E-state index contributed by atoms with van der Waals surface area (Å²) in [6, 6.07) is 10.3. The first kappa shape index (κ1) is 23.7. The molecule has 2 N–H and O–H groups in total. The van der Waals surface area contributed by atoms with Crippen molar-refractivity contribution in [2.75, 3.05) is 30.4 Å². The van der Waals surface area contributed by atoms with Gasteiger partial charge in [-0.2, -0.15) is 0 Å². The third-order valence-corrected chi connectivity index (χ3v) is 5.72. The molecule has 1 aliphatic heterocycles. The molecule has 2 aromatic carbocycles. The number of benzene rings is 2. The maximum absolute atomic E-state index is 14.4. The Hall–Kier alpha value is -3.46. The molecule has 0 saturated carbocycles. The Balaban J connectivity index is 1.37. The topological polar surface area (TPSA) is 71.5 Å². The number of halogens is 2. The van der Waals surface area contributed by atoms with Gasteiger partial charge in [-0.05, 0) is 56.7 Å². The quantitative estimate of drug-likeness (QED) is 0.525. The van der Waals surface area contributed by atoms with Crippen LogP contribution in [0.5, 0.6) is 11.5 Å². The summed E-state index contributed by atoms with van der Waals surface area (Å²) >= 11 is 0. The van der Waals surface area contributed by atoms with E-state index in [0.29, 0.717) is 23.8 Å². The molecular weight excluding hydrogens is 440 g/mol. The summed E-state index contributed by atoms with van der Waals surface area (Å²) in [6.07, 6.45) is 2.91. The number of ether oxygens (including phenoxy) is 2. The maximum atomic E-state index is 14.4. The predicted octanol–water partition coefficient (Wildman–Crippen LogP) is 4.58. The van der Waals surface area contributed by atoms with Crippen molar-refractivity contribution >= 4 is 17.3 Å². The summed E-state index contributed by atoms with van der Waals surface area (Å²) in [6.45, 7) is 7.54. The molecule has 34 heavy (non-hydrogen) atoms. The van der Waals surface area contributed by atoms with Crippen molar-refractivity contribution < 1.29 is 18.3 Å². The van der Waals surface area contributed by atoms with E-state index in [1.165, 1.54) is 31.3 Å². The van der Waals surface area contributed by atoms with Crippen molar-refractivity contribution in [2.24, 2.45) is 0 Å². The van der Waals surface area contributed by atoms with Crippen molar-refractivity contribution in [3.05, 3.63) is 65.5 Å². The van der Waals surface area contributed by atoms with Crippen molar-refractivity contribution in [2.45, 2.75) is 39.5 Å². The minimum atomic E-state index is -0.780. The van der Waals surface area contributed by atoms with Crippen LogP contribution in [0.4, 0.5) is 26.1 Å². The third-order valence-electron chi connectivity index (χ3n) is 5.72. The van der Waals surface area contributed by atoms with Gasteiger partial charge in [0.15, 0.2) is 17.3 Å². The lowest BCUT2D eigenvalue weighted by molar-refractivity contribution is 0.285. The predicted molar refractivity (Wildman–Crippen MR) is 128 cm³/mol. The van der Waals surface area contributed by atoms with Crippen LogP contribution in [0.25, 0.3) is 0 Å². The molecule has 0 bridgehead atoms. The Bertz CT molecular complexity index is 1120. The van der Waals surface area contributed by atoms with E-state index in [1.807, 2.05) is 12.1 Å². The van der Waals surface area contributed by atoms with E-state index >= 15 is 0 Å². The highest BCUT2D eigenvalue weighted by Gasteiger charge is 2.21. The standard InChI is InChI=1S/C25H29F2N5O2/c1-15-9-22(33-4)24(27)21(23(15)26)14-34-20-10-28-25(29-11-20)31-18-5-7-19(8-6-18)32-12-16(2)30-17(3)13-32/h5-11,16-17,30H,12-14H2,1-4H3,(H,28,29,31)/t16-,17+. The monoisotopic (exact) mass is 469 g/mol. The normalized spacial score (nSPS) is 18.0. The van der Waals surface area contributed by atoms with Crippen LogP contribution >= 0.6 is 0 Å². The summed E-state index contributed by atoms with van der Waals surface area (Å²) in [5.74, 6) is -0.787. The minimum absolute atomic E-state index is 0.0275. The molecule has 0 amide bonds. The van der Waals surface area contributed by atoms with Crippen LogP contribution in [0.1, 0.15) is 25.0 Å². The number of aryl methyl sites for hydroxylation is 1. The van der Waals surface area contributed by atoms with E-state index in [2.05, 4.69) is 51.5 Å². The number of piperazine rings is 1. The summed E-state index contributed by atoms with van der Waals surface area (Å²) in [5, 5.41) is 6.68. The van der Waals surface area contributed by atoms with Crippen molar-refractivity contribution in [3.8, 4) is 11.5 Å². The molecule has 4 rings (SSSR count). The van der Waals surface area contributed by atoms with Gasteiger partial charge in [-0.1, -0.05) is 0 Å². The first-order valence-electron chi connectivity index (χ1n) is 11.2. The molecule has 3 aromatic rings. The van der Waals surface area contributed by atoms with Gasteiger partial charge in [0.1, 0.15) is 12.4 Å². The summed E-state index contributed by atoms with van der Waals surface area (Å²) < 4.78 is 39.2. The summed E-state index contributed by atoms with van der Waals surface area (Å²) in [7, 11) is 1.33. The largest absolute Gasteiger partial charge is 0.494 e. The van der Waals surface area contributed by atoms with Gasteiger partial charge in [0.2, 0.25) is 5.95 Å². The second-order valence-corrected chi connectivity index (χ2v) is 8.58. The number of rotatable bonds is 7. The molecule has 2 heterocycles. The van der Waals surface area contributed by atoms with Gasteiger partial charge in [0, 0.05) is 36.5 Å². The minimum Gasteiger partial charge on any atom is -0.494 e. The van der Waals surface area contributed by atoms with Crippen LogP contribution in [-0.4, -0.2) is 42.3 Å². The molecule has 0 spiro atoms. The molecule has 0 unspecified atom stereocenters. The first-order chi connectivity index (χ1) is 16.3. The van der Waals surface area contributed by atoms with Crippen LogP contribution in [0, 0.1) is 18.6 Å². The van der Waals surface area contributed by atoms with Gasteiger partial charge in [0.05, 0.1) is 25.1 Å². The molecule has 180 valence electrons. The van der Waals surface area contributed by atoms with E-state index in [4.69, 9.17) is 9.47 Å². The second kappa shape index (κ2) is 10.2. The fourth-order valence-corrected chi connectivity index (χ4v) is 4.11. The van der Waals surface area contributed by atoms with E-state index in [1.54, 1.807) is 6.92 Å². The lowest BCUT2D eigenvalue weighted by atomic mass is 10.1. The Morgan fingerprint density at radius 2 is 1.71 bits per heavy atom. The molecular formula is C25H29F2N5O2. The zero-order valence-corrected chi connectivity index (χ0v) is 19.7. The van der Waals surface area contributed by atoms with Gasteiger partial charge in [-0.3, -0.25) is 0 Å². The summed E-state index contributed by atoms with van der Waals surface area (Å²) in [5.41, 5.74) is 2.10. The fraction of sp³-hybridized carbons (Fsp3) is 0.360. The number of aromatic nitrogens is 2. The van der Waals surface area contributed by atoms with Crippen molar-refractivity contribution in [1.82, 2.24) is 15.3 Å². The average Bonchev–Trinajstić information content (AvgIpc) is 2.82.